The summed E-state index contributed by atoms with van der Waals surface area (Å²) in [7, 11) is 0. The summed E-state index contributed by atoms with van der Waals surface area (Å²) < 4.78 is 0. The van der Waals surface area contributed by atoms with E-state index < -0.39 is 0 Å². The van der Waals surface area contributed by atoms with Crippen LogP contribution in [0.2, 0.25) is 0 Å². The lowest BCUT2D eigenvalue weighted by Crippen LogP contribution is -2.29. The fourth-order valence-electron chi connectivity index (χ4n) is 2.21. The second kappa shape index (κ2) is 5.87. The zero-order valence-corrected chi connectivity index (χ0v) is 11.4. The Bertz CT molecular complexity index is 532. The molecule has 0 aliphatic carbocycles. The highest BCUT2D eigenvalue weighted by Gasteiger charge is 2.14. The van der Waals surface area contributed by atoms with Gasteiger partial charge >= 0.3 is 0 Å². The minimum absolute atomic E-state index is 0.0811. The lowest BCUT2D eigenvalue weighted by Gasteiger charge is -2.19. The van der Waals surface area contributed by atoms with Crippen molar-refractivity contribution in [2.45, 2.75) is 25.8 Å². The molecule has 2 aromatic carbocycles. The highest BCUT2D eigenvalue weighted by atomic mass is 15.2. The van der Waals surface area contributed by atoms with Crippen LogP contribution in [0.3, 0.4) is 0 Å². The van der Waals surface area contributed by atoms with E-state index in [2.05, 4.69) is 43.5 Å². The van der Waals surface area contributed by atoms with Crippen molar-refractivity contribution in [2.75, 3.05) is 5.73 Å². The van der Waals surface area contributed by atoms with Crippen molar-refractivity contribution in [1.82, 2.24) is 5.43 Å². The number of hydrogen-bond acceptors (Lipinski definition) is 3. The number of rotatable bonds is 4. The Balaban J connectivity index is 2.35. The summed E-state index contributed by atoms with van der Waals surface area (Å²) in [6.07, 6.45) is 0. The molecule has 2 rings (SSSR count). The molecule has 0 amide bonds. The fourth-order valence-corrected chi connectivity index (χ4v) is 2.21. The van der Waals surface area contributed by atoms with Crippen LogP contribution >= 0.6 is 0 Å². The van der Waals surface area contributed by atoms with E-state index in [1.54, 1.807) is 0 Å². The summed E-state index contributed by atoms with van der Waals surface area (Å²) in [5.74, 6) is 6.23. The summed E-state index contributed by atoms with van der Waals surface area (Å²) in [6, 6.07) is 16.2. The van der Waals surface area contributed by atoms with Crippen LogP contribution in [0.1, 0.15) is 42.5 Å². The van der Waals surface area contributed by atoms with Gasteiger partial charge in [-0.3, -0.25) is 5.84 Å². The Morgan fingerprint density at radius 3 is 2.00 bits per heavy atom. The van der Waals surface area contributed by atoms with Crippen molar-refractivity contribution in [2.24, 2.45) is 5.84 Å². The lowest BCUT2D eigenvalue weighted by molar-refractivity contribution is 0.638. The smallest absolute Gasteiger partial charge is 0.0730 e. The first-order valence-electron chi connectivity index (χ1n) is 6.54. The molecule has 0 saturated heterocycles. The summed E-state index contributed by atoms with van der Waals surface area (Å²) in [5, 5.41) is 0. The molecule has 0 aliphatic heterocycles. The van der Waals surface area contributed by atoms with Crippen LogP contribution in [0.5, 0.6) is 0 Å². The number of nitrogen functional groups attached to an aromatic ring is 1. The Morgan fingerprint density at radius 1 is 0.895 bits per heavy atom. The molecule has 0 fully saturated rings. The molecule has 3 heteroatoms. The number of nitrogens with two attached hydrogens (primary N) is 2. The molecule has 19 heavy (non-hydrogen) atoms. The van der Waals surface area contributed by atoms with E-state index in [-0.39, 0.29) is 6.04 Å². The van der Waals surface area contributed by atoms with Gasteiger partial charge in [0.15, 0.2) is 0 Å². The molecule has 0 radical (unpaired) electrons. The van der Waals surface area contributed by atoms with Crippen molar-refractivity contribution in [1.29, 1.82) is 0 Å². The first-order valence-corrected chi connectivity index (χ1v) is 6.54. The molecule has 0 bridgehead atoms. The van der Waals surface area contributed by atoms with Gasteiger partial charge in [-0.05, 0) is 28.7 Å². The van der Waals surface area contributed by atoms with Gasteiger partial charge in [0.25, 0.3) is 0 Å². The maximum atomic E-state index is 6.02. The molecule has 2 aromatic rings. The van der Waals surface area contributed by atoms with Gasteiger partial charge in [0.1, 0.15) is 0 Å². The van der Waals surface area contributed by atoms with Crippen molar-refractivity contribution in [3.63, 3.8) is 0 Å². The predicted octanol–water partition coefficient (Wildman–Crippen LogP) is 2.94. The molecule has 1 unspecified atom stereocenters. The highest BCUT2D eigenvalue weighted by molar-refractivity contribution is 5.51. The van der Waals surface area contributed by atoms with Gasteiger partial charge in [-0.1, -0.05) is 56.3 Å². The first kappa shape index (κ1) is 13.6. The Hall–Kier alpha value is -1.84. The van der Waals surface area contributed by atoms with Crippen LogP contribution in [0.25, 0.3) is 0 Å². The van der Waals surface area contributed by atoms with Gasteiger partial charge < -0.3 is 5.73 Å². The molecule has 0 heterocycles. The topological polar surface area (TPSA) is 64.1 Å². The molecule has 1 atom stereocenters. The molecule has 0 saturated carbocycles. The number of nitrogens with one attached hydrogen (secondary N) is 1. The normalized spacial score (nSPS) is 12.6. The maximum Gasteiger partial charge on any atom is 0.0730 e. The van der Waals surface area contributed by atoms with E-state index in [0.717, 1.165) is 16.8 Å². The third-order valence-corrected chi connectivity index (χ3v) is 3.41. The number of hydrazine groups is 1. The average molecular weight is 255 g/mol. The van der Waals surface area contributed by atoms with Gasteiger partial charge in [0.2, 0.25) is 0 Å². The van der Waals surface area contributed by atoms with Gasteiger partial charge in [-0.15, -0.1) is 0 Å². The number of anilines is 1. The lowest BCUT2D eigenvalue weighted by atomic mass is 9.95. The van der Waals surface area contributed by atoms with Gasteiger partial charge in [-0.25, -0.2) is 5.43 Å². The van der Waals surface area contributed by atoms with Gasteiger partial charge in [0, 0.05) is 5.69 Å². The van der Waals surface area contributed by atoms with Crippen LogP contribution < -0.4 is 17.0 Å². The quantitative estimate of drug-likeness (QED) is 0.447. The van der Waals surface area contributed by atoms with Crippen LogP contribution in [-0.2, 0) is 0 Å². The monoisotopic (exact) mass is 255 g/mol. The first-order chi connectivity index (χ1) is 9.13. The average Bonchev–Trinajstić information content (AvgIpc) is 2.42. The number of para-hydroxylation sites is 1. The third kappa shape index (κ3) is 2.95. The van der Waals surface area contributed by atoms with Crippen LogP contribution in [0, 0.1) is 0 Å². The highest BCUT2D eigenvalue weighted by Crippen LogP contribution is 2.27. The van der Waals surface area contributed by atoms with Crippen LogP contribution in [0.15, 0.2) is 48.5 Å². The van der Waals surface area contributed by atoms with E-state index in [1.165, 1.54) is 5.56 Å². The second-order valence-electron chi connectivity index (χ2n) is 5.05. The van der Waals surface area contributed by atoms with Crippen molar-refractivity contribution in [3.05, 3.63) is 65.2 Å². The van der Waals surface area contributed by atoms with Gasteiger partial charge in [0.05, 0.1) is 6.04 Å². The third-order valence-electron chi connectivity index (χ3n) is 3.41. The zero-order chi connectivity index (χ0) is 13.8. The summed E-state index contributed by atoms with van der Waals surface area (Å²) in [4.78, 5) is 0. The van der Waals surface area contributed by atoms with Gasteiger partial charge in [-0.2, -0.15) is 0 Å². The molecule has 0 spiro atoms. The van der Waals surface area contributed by atoms with E-state index in [4.69, 9.17) is 11.6 Å². The molecule has 0 aliphatic rings. The largest absolute Gasteiger partial charge is 0.398 e. The Labute approximate surface area is 114 Å². The number of hydrogen-bond donors (Lipinski definition) is 3. The summed E-state index contributed by atoms with van der Waals surface area (Å²) in [5.41, 5.74) is 13.0. The predicted molar refractivity (Wildman–Crippen MR) is 80.6 cm³/mol. The zero-order valence-electron chi connectivity index (χ0n) is 11.4. The molecule has 3 nitrogen and oxygen atoms in total. The number of benzene rings is 2. The fraction of sp³-hybridized carbons (Fsp3) is 0.250. The minimum Gasteiger partial charge on any atom is -0.398 e. The maximum absolute atomic E-state index is 6.02. The standard InChI is InChI=1S/C16H21N3/c1-11(2)12-7-9-13(10-8-12)16(19-18)14-5-3-4-6-15(14)17/h3-11,16,19H,17-18H2,1-2H3. The van der Waals surface area contributed by atoms with Crippen molar-refractivity contribution < 1.29 is 0 Å². The van der Waals surface area contributed by atoms with Crippen LogP contribution in [0.4, 0.5) is 5.69 Å². The van der Waals surface area contributed by atoms with E-state index >= 15 is 0 Å². The van der Waals surface area contributed by atoms with Crippen LogP contribution in [-0.4, -0.2) is 0 Å². The SMILES string of the molecule is CC(C)c1ccc(C(NN)c2ccccc2N)cc1. The summed E-state index contributed by atoms with van der Waals surface area (Å²) >= 11 is 0. The van der Waals surface area contributed by atoms with E-state index in [1.807, 2.05) is 24.3 Å². The van der Waals surface area contributed by atoms with Crippen molar-refractivity contribution >= 4 is 5.69 Å². The Morgan fingerprint density at radius 2 is 1.47 bits per heavy atom. The molecule has 5 N–H and O–H groups in total. The molecule has 100 valence electrons. The molecular formula is C16H21N3. The molecule has 0 aromatic heterocycles. The van der Waals surface area contributed by atoms with E-state index in [0.29, 0.717) is 5.92 Å². The minimum atomic E-state index is -0.0811. The van der Waals surface area contributed by atoms with E-state index in [9.17, 15) is 0 Å². The van der Waals surface area contributed by atoms with Crippen molar-refractivity contribution in [3.8, 4) is 0 Å². The molecular weight excluding hydrogens is 234 g/mol. The Kier molecular flexibility index (Phi) is 4.20. The summed E-state index contributed by atoms with van der Waals surface area (Å²) in [6.45, 7) is 4.37. The second-order valence-corrected chi connectivity index (χ2v) is 5.05.